The summed E-state index contributed by atoms with van der Waals surface area (Å²) >= 11 is 0. The lowest BCUT2D eigenvalue weighted by molar-refractivity contribution is 0.410. The van der Waals surface area contributed by atoms with E-state index in [-0.39, 0.29) is 6.54 Å². The number of fused-ring (bicyclic) bond motifs is 1. The molecule has 0 spiro atoms. The smallest absolute Gasteiger partial charge is 0.253 e. The quantitative estimate of drug-likeness (QED) is 0.515. The molecule has 0 radical (unpaired) electrons. The maximum Gasteiger partial charge on any atom is 0.253 e. The van der Waals surface area contributed by atoms with Crippen molar-refractivity contribution in [1.82, 2.24) is 19.7 Å². The molecule has 0 fully saturated rings. The Labute approximate surface area is 136 Å². The molecule has 2 aromatic rings. The monoisotopic (exact) mass is 343 g/mol. The highest BCUT2D eigenvalue weighted by molar-refractivity contribution is 5.45. The third kappa shape index (κ3) is 3.34. The van der Waals surface area contributed by atoms with Gasteiger partial charge in [0.25, 0.3) is 11.9 Å². The lowest BCUT2D eigenvalue weighted by atomic mass is 10.2. The molecule has 24 heavy (non-hydrogen) atoms. The van der Waals surface area contributed by atoms with Crippen LogP contribution in [0.4, 0.5) is 23.2 Å². The van der Waals surface area contributed by atoms with Crippen LogP contribution in [0.25, 0.3) is 0 Å². The zero-order valence-corrected chi connectivity index (χ0v) is 13.0. The fourth-order valence-corrected chi connectivity index (χ4v) is 2.83. The third-order valence-electron chi connectivity index (χ3n) is 4.06. The Morgan fingerprint density at radius 3 is 2.46 bits per heavy atom. The largest absolute Gasteiger partial charge is 0.380 e. The molecule has 3 rings (SSSR count). The lowest BCUT2D eigenvalue weighted by Gasteiger charge is -2.10. The molecule has 0 saturated carbocycles. The summed E-state index contributed by atoms with van der Waals surface area (Å²) < 4.78 is 55.1. The number of nitrogens with one attached hydrogen (secondary N) is 1. The summed E-state index contributed by atoms with van der Waals surface area (Å²) in [7, 11) is 0. The van der Waals surface area contributed by atoms with Crippen LogP contribution in [0, 0.1) is 23.5 Å². The van der Waals surface area contributed by atoms with Gasteiger partial charge in [0, 0.05) is 25.9 Å². The number of pyridine rings is 1. The first-order valence-corrected chi connectivity index (χ1v) is 7.92. The van der Waals surface area contributed by atoms with Gasteiger partial charge in [-0.05, 0) is 19.3 Å². The number of hydrogen-bond donors (Lipinski definition) is 1. The molecule has 0 aliphatic carbocycles. The van der Waals surface area contributed by atoms with E-state index in [9.17, 15) is 17.6 Å². The van der Waals surface area contributed by atoms with Gasteiger partial charge in [0.1, 0.15) is 17.3 Å². The number of hydrogen-bond acceptors (Lipinski definition) is 4. The van der Waals surface area contributed by atoms with Crippen LogP contribution >= 0.6 is 0 Å². The van der Waals surface area contributed by atoms with Crippen LogP contribution in [0.5, 0.6) is 0 Å². The zero-order valence-electron chi connectivity index (χ0n) is 13.0. The van der Waals surface area contributed by atoms with Crippen LogP contribution in [0.3, 0.4) is 0 Å². The predicted octanol–water partition coefficient (Wildman–Crippen LogP) is 3.00. The Bertz CT molecular complexity index is 705. The minimum Gasteiger partial charge on any atom is -0.380 e. The first kappa shape index (κ1) is 16.7. The van der Waals surface area contributed by atoms with Crippen molar-refractivity contribution in [3.8, 4) is 0 Å². The molecule has 0 atom stereocenters. The van der Waals surface area contributed by atoms with E-state index >= 15 is 0 Å². The number of aromatic nitrogens is 4. The van der Waals surface area contributed by atoms with Crippen molar-refractivity contribution < 1.29 is 17.6 Å². The van der Waals surface area contributed by atoms with Crippen LogP contribution in [0.1, 0.15) is 37.3 Å². The average Bonchev–Trinajstić information content (AvgIpc) is 2.79. The maximum absolute atomic E-state index is 13.5. The standard InChI is InChI=1S/C15H17F4N5/c16-11-13(12(17)15(19)21-14(11)18)20-7-4-6-10-23-22-9-5-2-1-3-8-24(9)10/h1-8H2,(H,20,21). The molecule has 1 N–H and O–H groups in total. The normalized spacial score (nSPS) is 14.3. The maximum atomic E-state index is 13.5. The van der Waals surface area contributed by atoms with Gasteiger partial charge in [-0.2, -0.15) is 22.5 Å². The van der Waals surface area contributed by atoms with Crippen LogP contribution in [-0.4, -0.2) is 26.3 Å². The number of anilines is 1. The van der Waals surface area contributed by atoms with Crippen molar-refractivity contribution in [1.29, 1.82) is 0 Å². The fourth-order valence-electron chi connectivity index (χ4n) is 2.83. The first-order valence-electron chi connectivity index (χ1n) is 7.92. The molecule has 2 aromatic heterocycles. The van der Waals surface area contributed by atoms with E-state index in [1.807, 2.05) is 0 Å². The highest BCUT2D eigenvalue weighted by atomic mass is 19.2. The van der Waals surface area contributed by atoms with Gasteiger partial charge in [0.05, 0.1) is 0 Å². The highest BCUT2D eigenvalue weighted by Crippen LogP contribution is 2.22. The molecular formula is C15H17F4N5. The van der Waals surface area contributed by atoms with Gasteiger partial charge in [-0.25, -0.2) is 0 Å². The summed E-state index contributed by atoms with van der Waals surface area (Å²) in [4.78, 5) is 2.51. The van der Waals surface area contributed by atoms with Crippen LogP contribution in [0.15, 0.2) is 0 Å². The molecule has 0 aromatic carbocycles. The molecule has 1 aliphatic rings. The van der Waals surface area contributed by atoms with E-state index in [1.54, 1.807) is 0 Å². The summed E-state index contributed by atoms with van der Waals surface area (Å²) in [6.45, 7) is 1.01. The highest BCUT2D eigenvalue weighted by Gasteiger charge is 2.20. The first-order chi connectivity index (χ1) is 11.6. The number of nitrogens with zero attached hydrogens (tertiary/aromatic N) is 4. The molecule has 1 aliphatic heterocycles. The van der Waals surface area contributed by atoms with E-state index in [0.29, 0.717) is 12.8 Å². The van der Waals surface area contributed by atoms with E-state index in [2.05, 4.69) is 25.1 Å². The number of aryl methyl sites for hydroxylation is 2. The molecule has 0 bridgehead atoms. The lowest BCUT2D eigenvalue weighted by Crippen LogP contribution is -2.12. The SMILES string of the molecule is Fc1nc(F)c(F)c(NCCCc2nnc3n2CCCCC3)c1F. The van der Waals surface area contributed by atoms with Gasteiger partial charge in [0.2, 0.25) is 11.6 Å². The molecule has 130 valence electrons. The van der Waals surface area contributed by atoms with E-state index in [1.165, 1.54) is 0 Å². The van der Waals surface area contributed by atoms with Crippen molar-refractivity contribution >= 4 is 5.69 Å². The average molecular weight is 343 g/mol. The van der Waals surface area contributed by atoms with Crippen LogP contribution < -0.4 is 5.32 Å². The molecule has 0 unspecified atom stereocenters. The van der Waals surface area contributed by atoms with E-state index in [0.717, 1.165) is 43.9 Å². The fraction of sp³-hybridized carbons (Fsp3) is 0.533. The number of halogens is 4. The Morgan fingerprint density at radius 2 is 1.71 bits per heavy atom. The number of rotatable bonds is 5. The second kappa shape index (κ2) is 7.14. The predicted molar refractivity (Wildman–Crippen MR) is 78.5 cm³/mol. The molecule has 0 amide bonds. The van der Waals surface area contributed by atoms with Crippen molar-refractivity contribution in [2.45, 2.75) is 45.1 Å². The molecule has 5 nitrogen and oxygen atoms in total. The zero-order chi connectivity index (χ0) is 17.1. The minimum absolute atomic E-state index is 0.138. The van der Waals surface area contributed by atoms with Crippen molar-refractivity contribution in [2.24, 2.45) is 0 Å². The Hall–Kier alpha value is -2.19. The minimum atomic E-state index is -1.67. The van der Waals surface area contributed by atoms with Gasteiger partial charge in [-0.15, -0.1) is 10.2 Å². The second-order valence-electron chi connectivity index (χ2n) is 5.72. The second-order valence-corrected chi connectivity index (χ2v) is 5.72. The van der Waals surface area contributed by atoms with Gasteiger partial charge in [-0.3, -0.25) is 0 Å². The van der Waals surface area contributed by atoms with Crippen LogP contribution in [0.2, 0.25) is 0 Å². The van der Waals surface area contributed by atoms with Gasteiger partial charge < -0.3 is 9.88 Å². The van der Waals surface area contributed by atoms with E-state index in [4.69, 9.17) is 0 Å². The summed E-state index contributed by atoms with van der Waals surface area (Å²) in [5.74, 6) is -4.60. The van der Waals surface area contributed by atoms with Crippen molar-refractivity contribution in [3.05, 3.63) is 35.2 Å². The van der Waals surface area contributed by atoms with E-state index < -0.39 is 29.2 Å². The summed E-state index contributed by atoms with van der Waals surface area (Å²) in [5.41, 5.74) is -0.833. The topological polar surface area (TPSA) is 55.6 Å². The van der Waals surface area contributed by atoms with Crippen LogP contribution in [-0.2, 0) is 19.4 Å². The Morgan fingerprint density at radius 1 is 0.958 bits per heavy atom. The summed E-state index contributed by atoms with van der Waals surface area (Å²) in [6, 6.07) is 0. The molecule has 0 saturated heterocycles. The Balaban J connectivity index is 1.60. The van der Waals surface area contributed by atoms with Crippen molar-refractivity contribution in [2.75, 3.05) is 11.9 Å². The summed E-state index contributed by atoms with van der Waals surface area (Å²) in [5, 5.41) is 10.7. The molecule has 9 heteroatoms. The Kier molecular flexibility index (Phi) is 4.96. The third-order valence-corrected chi connectivity index (χ3v) is 4.06. The summed E-state index contributed by atoms with van der Waals surface area (Å²) in [6.07, 6.45) is 5.26. The molecular weight excluding hydrogens is 326 g/mol. The van der Waals surface area contributed by atoms with Gasteiger partial charge in [-0.1, -0.05) is 6.42 Å². The van der Waals surface area contributed by atoms with Crippen molar-refractivity contribution in [3.63, 3.8) is 0 Å². The molecule has 3 heterocycles. The van der Waals surface area contributed by atoms with Gasteiger partial charge in [0.15, 0.2) is 0 Å². The van der Waals surface area contributed by atoms with Gasteiger partial charge >= 0.3 is 0 Å².